The zero-order valence-corrected chi connectivity index (χ0v) is 7.21. The van der Waals surface area contributed by atoms with Gasteiger partial charge in [-0.15, -0.1) is 0 Å². The second-order valence-electron chi connectivity index (χ2n) is 1.50. The van der Waals surface area contributed by atoms with Gasteiger partial charge in [-0.1, -0.05) is 0 Å². The summed E-state index contributed by atoms with van der Waals surface area (Å²) in [5, 5.41) is 0. The van der Waals surface area contributed by atoms with Crippen molar-refractivity contribution in [2.75, 3.05) is 0 Å². The van der Waals surface area contributed by atoms with Crippen LogP contribution in [-0.2, 0) is 0 Å². The number of rotatable bonds is 0. The summed E-state index contributed by atoms with van der Waals surface area (Å²) in [6.45, 7) is 6.25. The summed E-state index contributed by atoms with van der Waals surface area (Å²) in [6, 6.07) is 0. The Kier molecular flexibility index (Phi) is 10.3. The van der Waals surface area contributed by atoms with Crippen LogP contribution in [0.15, 0.2) is 0 Å². The second kappa shape index (κ2) is 5.35. The molecule has 5 heavy (non-hydrogen) atoms. The van der Waals surface area contributed by atoms with E-state index in [1.807, 2.05) is 0 Å². The number of hydrogen-bond acceptors (Lipinski definition) is 0. The summed E-state index contributed by atoms with van der Waals surface area (Å²) in [6.07, 6.45) is 0. The minimum atomic E-state index is 0. The van der Waals surface area contributed by atoms with E-state index in [4.69, 9.17) is 0 Å². The molecule has 0 atom stereocenters. The molecule has 0 aliphatic rings. The molecule has 0 N–H and O–H groups in total. The van der Waals surface area contributed by atoms with Gasteiger partial charge in [0.15, 0.2) is 0 Å². The molecule has 0 aromatic heterocycles. The third-order valence-corrected chi connectivity index (χ3v) is 0. The predicted octanol–water partition coefficient (Wildman–Crippen LogP) is 1.62. The van der Waals surface area contributed by atoms with Crippen molar-refractivity contribution < 1.29 is 40.8 Å². The van der Waals surface area contributed by atoms with E-state index in [1.165, 1.54) is 5.92 Å². The van der Waals surface area contributed by atoms with Gasteiger partial charge in [-0.3, -0.25) is 0 Å². The fourth-order valence-corrected chi connectivity index (χ4v) is 0. The Labute approximate surface area is 66.9 Å². The third kappa shape index (κ3) is 32.9. The fraction of sp³-hybridized carbons (Fsp3) is 0.750. The molecular formula is C4H9Nd-. The molecule has 0 saturated carbocycles. The number of hydrogen-bond donors (Lipinski definition) is 0. The first kappa shape index (κ1) is 9.61. The van der Waals surface area contributed by atoms with E-state index in [0.717, 1.165) is 0 Å². The molecule has 0 aliphatic carbocycles. The molecule has 0 radical (unpaired) electrons. The minimum absolute atomic E-state index is 0. The fourth-order valence-electron chi connectivity index (χ4n) is 0. The molecule has 30 valence electrons. The van der Waals surface area contributed by atoms with Crippen molar-refractivity contribution in [3.8, 4) is 0 Å². The van der Waals surface area contributed by atoms with E-state index in [2.05, 4.69) is 20.8 Å². The molecule has 0 aromatic rings. The Morgan fingerprint density at radius 1 is 1.00 bits per heavy atom. The Morgan fingerprint density at radius 2 is 1.00 bits per heavy atom. The summed E-state index contributed by atoms with van der Waals surface area (Å²) >= 11 is 0. The van der Waals surface area contributed by atoms with Gasteiger partial charge in [-0.2, -0.15) is 20.8 Å². The molecule has 0 spiro atoms. The van der Waals surface area contributed by atoms with Crippen molar-refractivity contribution >= 4 is 0 Å². The van der Waals surface area contributed by atoms with Gasteiger partial charge < -0.3 is 5.92 Å². The Balaban J connectivity index is 0. The first-order valence-corrected chi connectivity index (χ1v) is 1.50. The maximum absolute atomic E-state index is 2.08. The maximum atomic E-state index is 2.08. The minimum Gasteiger partial charge on any atom is -0.323 e. The van der Waals surface area contributed by atoms with Crippen molar-refractivity contribution in [2.45, 2.75) is 20.8 Å². The average Bonchev–Trinajstić information content (AvgIpc) is 0.811. The summed E-state index contributed by atoms with van der Waals surface area (Å²) in [7, 11) is 0. The van der Waals surface area contributed by atoms with Crippen LogP contribution in [0.4, 0.5) is 0 Å². The van der Waals surface area contributed by atoms with Gasteiger partial charge in [-0.05, 0) is 0 Å². The predicted molar refractivity (Wildman–Crippen MR) is 20.3 cm³/mol. The first-order valence-electron chi connectivity index (χ1n) is 1.50. The molecule has 0 aliphatic heterocycles. The molecular weight excluding hydrogens is 192 g/mol. The van der Waals surface area contributed by atoms with Crippen LogP contribution in [0.25, 0.3) is 0 Å². The van der Waals surface area contributed by atoms with E-state index in [0.29, 0.717) is 0 Å². The zero-order valence-electron chi connectivity index (χ0n) is 4.00. The molecule has 0 fully saturated rings. The molecule has 1 heteroatoms. The molecule has 0 heterocycles. The first-order chi connectivity index (χ1) is 1.73. The van der Waals surface area contributed by atoms with E-state index in [9.17, 15) is 0 Å². The van der Waals surface area contributed by atoms with Crippen LogP contribution in [0.1, 0.15) is 20.8 Å². The zero-order chi connectivity index (χ0) is 3.58. The molecule has 0 rings (SSSR count). The van der Waals surface area contributed by atoms with E-state index >= 15 is 0 Å². The van der Waals surface area contributed by atoms with Crippen LogP contribution in [0.3, 0.4) is 0 Å². The summed E-state index contributed by atoms with van der Waals surface area (Å²) < 4.78 is 0. The third-order valence-electron chi connectivity index (χ3n) is 0. The molecule has 0 aromatic carbocycles. The molecule has 0 amide bonds. The molecule has 0 nitrogen and oxygen atoms in total. The monoisotopic (exact) mass is 199 g/mol. The van der Waals surface area contributed by atoms with Gasteiger partial charge in [-0.25, -0.2) is 0 Å². The van der Waals surface area contributed by atoms with E-state index in [-0.39, 0.29) is 40.8 Å². The van der Waals surface area contributed by atoms with Crippen molar-refractivity contribution in [1.29, 1.82) is 0 Å². The van der Waals surface area contributed by atoms with Crippen LogP contribution in [-0.4, -0.2) is 0 Å². The van der Waals surface area contributed by atoms with Gasteiger partial charge >= 0.3 is 0 Å². The topological polar surface area (TPSA) is 0 Å². The van der Waals surface area contributed by atoms with Crippen LogP contribution < -0.4 is 0 Å². The SMILES string of the molecule is C[C-](C)C.[Nd]. The normalized spacial score (nSPS) is 7.20. The van der Waals surface area contributed by atoms with Crippen LogP contribution in [0.2, 0.25) is 0 Å². The van der Waals surface area contributed by atoms with Crippen molar-refractivity contribution in [2.24, 2.45) is 0 Å². The molecule has 0 bridgehead atoms. The largest absolute Gasteiger partial charge is 0.323 e. The quantitative estimate of drug-likeness (QED) is 0.523. The Morgan fingerprint density at radius 3 is 1.00 bits per heavy atom. The van der Waals surface area contributed by atoms with Gasteiger partial charge in [0.05, 0.1) is 0 Å². The summed E-state index contributed by atoms with van der Waals surface area (Å²) in [5.41, 5.74) is 0. The Hall–Kier alpha value is 1.35. The van der Waals surface area contributed by atoms with Gasteiger partial charge in [0.1, 0.15) is 0 Å². The van der Waals surface area contributed by atoms with Crippen LogP contribution >= 0.6 is 0 Å². The smallest absolute Gasteiger partial charge is 0 e. The molecule has 0 saturated heterocycles. The van der Waals surface area contributed by atoms with Gasteiger partial charge in [0, 0.05) is 40.8 Å². The average molecular weight is 201 g/mol. The van der Waals surface area contributed by atoms with Gasteiger partial charge in [0.2, 0.25) is 0 Å². The molecule has 0 unspecified atom stereocenters. The van der Waals surface area contributed by atoms with Crippen molar-refractivity contribution in [1.82, 2.24) is 0 Å². The van der Waals surface area contributed by atoms with Gasteiger partial charge in [0.25, 0.3) is 0 Å². The van der Waals surface area contributed by atoms with Crippen molar-refractivity contribution in [3.63, 3.8) is 0 Å². The summed E-state index contributed by atoms with van der Waals surface area (Å²) in [4.78, 5) is 0. The van der Waals surface area contributed by atoms with E-state index in [1.54, 1.807) is 0 Å². The van der Waals surface area contributed by atoms with Crippen LogP contribution in [0.5, 0.6) is 0 Å². The van der Waals surface area contributed by atoms with Crippen LogP contribution in [0, 0.1) is 46.8 Å². The maximum Gasteiger partial charge on any atom is 0 e. The summed E-state index contributed by atoms with van der Waals surface area (Å²) in [5.74, 6) is 1.42. The standard InChI is InChI=1S/C4H9.Nd/c1-4(2)3;/h1-3H3;/q-1;. The van der Waals surface area contributed by atoms with E-state index < -0.39 is 0 Å². The van der Waals surface area contributed by atoms with Crippen molar-refractivity contribution in [3.05, 3.63) is 5.92 Å². The Bertz CT molecular complexity index is 8.36. The second-order valence-corrected chi connectivity index (χ2v) is 1.50.